The molecule has 0 N–H and O–H groups in total. The zero-order valence-electron chi connectivity index (χ0n) is 11.2. The molecule has 1 aliphatic heterocycles. The van der Waals surface area contributed by atoms with Crippen molar-refractivity contribution in [1.29, 1.82) is 0 Å². The highest BCUT2D eigenvalue weighted by molar-refractivity contribution is 5.95. The Kier molecular flexibility index (Phi) is 4.19. The molecule has 0 radical (unpaired) electrons. The Morgan fingerprint density at radius 1 is 1.58 bits per heavy atom. The van der Waals surface area contributed by atoms with Gasteiger partial charge in [-0.05, 0) is 26.7 Å². The smallest absolute Gasteiger partial charge is 0.310 e. The summed E-state index contributed by atoms with van der Waals surface area (Å²) < 4.78 is 9.92. The second-order valence-electron chi connectivity index (χ2n) is 4.64. The number of carbonyl (C=O) groups excluding carboxylic acids is 2. The number of nitrogens with zero attached hydrogens (tertiary/aromatic N) is 2. The topological polar surface area (TPSA) is 72.6 Å². The Balaban J connectivity index is 2.03. The predicted molar refractivity (Wildman–Crippen MR) is 66.5 cm³/mol. The average molecular weight is 266 g/mol. The van der Waals surface area contributed by atoms with E-state index in [1.54, 1.807) is 18.7 Å². The normalized spacial score (nSPS) is 19.3. The van der Waals surface area contributed by atoms with Crippen molar-refractivity contribution in [3.63, 3.8) is 0 Å². The fourth-order valence-corrected chi connectivity index (χ4v) is 2.29. The van der Waals surface area contributed by atoms with Gasteiger partial charge in [-0.2, -0.15) is 0 Å². The first kappa shape index (κ1) is 13.6. The number of piperidine rings is 1. The first-order chi connectivity index (χ1) is 9.13. The van der Waals surface area contributed by atoms with Crippen LogP contribution < -0.4 is 0 Å². The molecule has 1 unspecified atom stereocenters. The molecule has 0 spiro atoms. The minimum absolute atomic E-state index is 0.132. The van der Waals surface area contributed by atoms with Gasteiger partial charge >= 0.3 is 5.97 Å². The van der Waals surface area contributed by atoms with Crippen molar-refractivity contribution in [2.75, 3.05) is 19.7 Å². The van der Waals surface area contributed by atoms with Crippen LogP contribution in [0.25, 0.3) is 0 Å². The molecule has 1 aromatic heterocycles. The van der Waals surface area contributed by atoms with E-state index >= 15 is 0 Å². The van der Waals surface area contributed by atoms with E-state index in [9.17, 15) is 9.59 Å². The third kappa shape index (κ3) is 2.94. The number of hydrogen-bond donors (Lipinski definition) is 0. The molecule has 2 heterocycles. The molecule has 1 aromatic rings. The van der Waals surface area contributed by atoms with Crippen molar-refractivity contribution in [3.8, 4) is 0 Å². The molecular formula is C13H18N2O4. The molecule has 19 heavy (non-hydrogen) atoms. The Labute approximate surface area is 111 Å². The largest absolute Gasteiger partial charge is 0.466 e. The minimum atomic E-state index is -0.224. The first-order valence-corrected chi connectivity index (χ1v) is 6.50. The van der Waals surface area contributed by atoms with Crippen molar-refractivity contribution < 1.29 is 18.8 Å². The van der Waals surface area contributed by atoms with Crippen LogP contribution in [-0.2, 0) is 9.53 Å². The van der Waals surface area contributed by atoms with E-state index in [0.29, 0.717) is 31.0 Å². The lowest BCUT2D eigenvalue weighted by molar-refractivity contribution is -0.149. The Hall–Kier alpha value is -1.85. The molecule has 1 saturated heterocycles. The summed E-state index contributed by atoms with van der Waals surface area (Å²) in [5.41, 5.74) is 0.463. The van der Waals surface area contributed by atoms with Crippen LogP contribution >= 0.6 is 0 Å². The van der Waals surface area contributed by atoms with Crippen LogP contribution in [0.3, 0.4) is 0 Å². The van der Waals surface area contributed by atoms with Crippen LogP contribution in [0, 0.1) is 12.8 Å². The van der Waals surface area contributed by atoms with Gasteiger partial charge in [0.1, 0.15) is 11.3 Å². The molecule has 0 aromatic carbocycles. The van der Waals surface area contributed by atoms with Crippen LogP contribution in [0.2, 0.25) is 0 Å². The van der Waals surface area contributed by atoms with Gasteiger partial charge < -0.3 is 14.2 Å². The van der Waals surface area contributed by atoms with Gasteiger partial charge in [0.15, 0.2) is 0 Å². The molecule has 1 atom stereocenters. The summed E-state index contributed by atoms with van der Waals surface area (Å²) in [5.74, 6) is -0.0733. The summed E-state index contributed by atoms with van der Waals surface area (Å²) >= 11 is 0. The molecular weight excluding hydrogens is 248 g/mol. The van der Waals surface area contributed by atoms with Crippen molar-refractivity contribution in [2.45, 2.75) is 26.7 Å². The average Bonchev–Trinajstić information content (AvgIpc) is 2.84. The summed E-state index contributed by atoms with van der Waals surface area (Å²) in [5, 5.41) is 3.61. The second-order valence-corrected chi connectivity index (χ2v) is 4.64. The monoisotopic (exact) mass is 266 g/mol. The maximum Gasteiger partial charge on any atom is 0.310 e. The molecule has 2 rings (SSSR count). The molecule has 0 bridgehead atoms. The van der Waals surface area contributed by atoms with Gasteiger partial charge in [0, 0.05) is 13.1 Å². The van der Waals surface area contributed by atoms with Crippen molar-refractivity contribution >= 4 is 11.9 Å². The third-order valence-electron chi connectivity index (χ3n) is 3.31. The first-order valence-electron chi connectivity index (χ1n) is 6.50. The van der Waals surface area contributed by atoms with Crippen LogP contribution in [0.5, 0.6) is 0 Å². The molecule has 6 heteroatoms. The van der Waals surface area contributed by atoms with Crippen LogP contribution in [0.15, 0.2) is 10.7 Å². The summed E-state index contributed by atoms with van der Waals surface area (Å²) in [6.07, 6.45) is 3.00. The molecule has 6 nitrogen and oxygen atoms in total. The quantitative estimate of drug-likeness (QED) is 0.773. The van der Waals surface area contributed by atoms with E-state index in [0.717, 1.165) is 12.8 Å². The van der Waals surface area contributed by atoms with Gasteiger partial charge in [-0.3, -0.25) is 9.59 Å². The molecule has 0 saturated carbocycles. The van der Waals surface area contributed by atoms with Crippen LogP contribution in [0.4, 0.5) is 0 Å². The van der Waals surface area contributed by atoms with Gasteiger partial charge in [-0.15, -0.1) is 0 Å². The highest BCUT2D eigenvalue weighted by Crippen LogP contribution is 2.20. The Morgan fingerprint density at radius 3 is 3.00 bits per heavy atom. The van der Waals surface area contributed by atoms with Crippen LogP contribution in [-0.4, -0.2) is 41.6 Å². The number of carbonyl (C=O) groups is 2. The number of hydrogen-bond acceptors (Lipinski definition) is 5. The second kappa shape index (κ2) is 5.86. The van der Waals surface area contributed by atoms with E-state index in [2.05, 4.69) is 5.16 Å². The fraction of sp³-hybridized carbons (Fsp3) is 0.615. The lowest BCUT2D eigenvalue weighted by Crippen LogP contribution is -2.42. The van der Waals surface area contributed by atoms with Gasteiger partial charge in [-0.25, -0.2) is 0 Å². The zero-order chi connectivity index (χ0) is 13.8. The minimum Gasteiger partial charge on any atom is -0.466 e. The van der Waals surface area contributed by atoms with Gasteiger partial charge in [-0.1, -0.05) is 5.16 Å². The van der Waals surface area contributed by atoms with Crippen molar-refractivity contribution in [2.24, 2.45) is 5.92 Å². The predicted octanol–water partition coefficient (Wildman–Crippen LogP) is 1.40. The summed E-state index contributed by atoms with van der Waals surface area (Å²) in [6.45, 7) is 4.91. The van der Waals surface area contributed by atoms with Crippen LogP contribution in [0.1, 0.15) is 35.9 Å². The molecule has 1 aliphatic rings. The Bertz CT molecular complexity index is 469. The third-order valence-corrected chi connectivity index (χ3v) is 3.31. The number of rotatable bonds is 3. The maximum absolute atomic E-state index is 12.3. The SMILES string of the molecule is CCOC(=O)C1CCCN(C(=O)c2cnoc2C)C1. The zero-order valence-corrected chi connectivity index (χ0v) is 11.2. The number of likely N-dealkylation sites (tertiary alicyclic amines) is 1. The highest BCUT2D eigenvalue weighted by atomic mass is 16.5. The van der Waals surface area contributed by atoms with Gasteiger partial charge in [0.2, 0.25) is 0 Å². The summed E-state index contributed by atoms with van der Waals surface area (Å²) in [6, 6.07) is 0. The molecule has 1 fully saturated rings. The number of amides is 1. The molecule has 0 aliphatic carbocycles. The van der Waals surface area contributed by atoms with E-state index in [1.807, 2.05) is 0 Å². The number of aryl methyl sites for hydroxylation is 1. The number of esters is 1. The summed E-state index contributed by atoms with van der Waals surface area (Å²) in [4.78, 5) is 25.7. The van der Waals surface area contributed by atoms with Crippen molar-refractivity contribution in [3.05, 3.63) is 17.5 Å². The molecule has 104 valence electrons. The van der Waals surface area contributed by atoms with E-state index in [-0.39, 0.29) is 17.8 Å². The molecule has 1 amide bonds. The lowest BCUT2D eigenvalue weighted by atomic mass is 9.97. The van der Waals surface area contributed by atoms with Crippen molar-refractivity contribution in [1.82, 2.24) is 10.1 Å². The number of aromatic nitrogens is 1. The number of ether oxygens (including phenoxy) is 1. The summed E-state index contributed by atoms with van der Waals surface area (Å²) in [7, 11) is 0. The van der Waals surface area contributed by atoms with E-state index in [1.165, 1.54) is 6.20 Å². The van der Waals surface area contributed by atoms with Gasteiger partial charge in [0.25, 0.3) is 5.91 Å². The lowest BCUT2D eigenvalue weighted by Gasteiger charge is -2.31. The van der Waals surface area contributed by atoms with E-state index < -0.39 is 0 Å². The maximum atomic E-state index is 12.3. The Morgan fingerprint density at radius 2 is 2.37 bits per heavy atom. The standard InChI is InChI=1S/C13H18N2O4/c1-3-18-13(17)10-5-4-6-15(8-10)12(16)11-7-14-19-9(11)2/h7,10H,3-6,8H2,1-2H3. The fourth-order valence-electron chi connectivity index (χ4n) is 2.29. The van der Waals surface area contributed by atoms with Gasteiger partial charge in [0.05, 0.1) is 18.7 Å². The highest BCUT2D eigenvalue weighted by Gasteiger charge is 2.30. The van der Waals surface area contributed by atoms with E-state index in [4.69, 9.17) is 9.26 Å².